The molecule has 1 atom stereocenters. The van der Waals surface area contributed by atoms with Gasteiger partial charge < -0.3 is 9.84 Å². The van der Waals surface area contributed by atoms with Crippen LogP contribution in [0.25, 0.3) is 0 Å². The van der Waals surface area contributed by atoms with Gasteiger partial charge in [-0.15, -0.1) is 0 Å². The van der Waals surface area contributed by atoms with Gasteiger partial charge in [0.15, 0.2) is 0 Å². The number of aliphatic hydroxyl groups excluding tert-OH is 1. The highest BCUT2D eigenvalue weighted by Crippen LogP contribution is 2.26. The van der Waals surface area contributed by atoms with Crippen LogP contribution in [0.5, 0.6) is 5.75 Å². The van der Waals surface area contributed by atoms with Gasteiger partial charge >= 0.3 is 0 Å². The molecule has 0 radical (unpaired) electrons. The first-order valence-corrected chi connectivity index (χ1v) is 7.17. The van der Waals surface area contributed by atoms with Gasteiger partial charge in [0.25, 0.3) is 0 Å². The standard InChI is InChI=1S/C16H25NO2/c1-12(2)13-6-7-16(19-3)14(9-13)10-17-8-4-5-15(18)11-17/h6-7,9,12,15,18H,4-5,8,10-11H2,1-3H3. The summed E-state index contributed by atoms with van der Waals surface area (Å²) >= 11 is 0. The Morgan fingerprint density at radius 3 is 2.84 bits per heavy atom. The molecule has 0 saturated carbocycles. The number of rotatable bonds is 4. The zero-order valence-corrected chi connectivity index (χ0v) is 12.2. The van der Waals surface area contributed by atoms with Crippen molar-refractivity contribution in [1.82, 2.24) is 4.90 Å². The molecule has 1 fully saturated rings. The minimum Gasteiger partial charge on any atom is -0.496 e. The average molecular weight is 263 g/mol. The minimum absolute atomic E-state index is 0.173. The summed E-state index contributed by atoms with van der Waals surface area (Å²) in [4.78, 5) is 2.32. The Bertz CT molecular complexity index is 417. The van der Waals surface area contributed by atoms with Crippen molar-refractivity contribution < 1.29 is 9.84 Å². The first-order valence-electron chi connectivity index (χ1n) is 7.17. The summed E-state index contributed by atoms with van der Waals surface area (Å²) in [7, 11) is 1.72. The van der Waals surface area contributed by atoms with Crippen LogP contribution in [-0.2, 0) is 6.54 Å². The average Bonchev–Trinajstić information content (AvgIpc) is 2.38. The van der Waals surface area contributed by atoms with Crippen LogP contribution in [0.4, 0.5) is 0 Å². The van der Waals surface area contributed by atoms with Crippen molar-refractivity contribution in [3.8, 4) is 5.75 Å². The predicted molar refractivity (Wildman–Crippen MR) is 77.6 cm³/mol. The summed E-state index contributed by atoms with van der Waals surface area (Å²) in [5, 5.41) is 9.75. The lowest BCUT2D eigenvalue weighted by atomic mass is 9.99. The summed E-state index contributed by atoms with van der Waals surface area (Å²) in [6.07, 6.45) is 1.83. The molecule has 1 aliphatic rings. The number of aliphatic hydroxyl groups is 1. The minimum atomic E-state index is -0.173. The molecule has 1 aliphatic heterocycles. The fraction of sp³-hybridized carbons (Fsp3) is 0.625. The second kappa shape index (κ2) is 6.40. The normalized spacial score (nSPS) is 20.8. The lowest BCUT2D eigenvalue weighted by Crippen LogP contribution is -2.37. The molecule has 1 N–H and O–H groups in total. The Balaban J connectivity index is 2.14. The van der Waals surface area contributed by atoms with E-state index in [0.717, 1.165) is 38.2 Å². The molecular weight excluding hydrogens is 238 g/mol. The van der Waals surface area contributed by atoms with E-state index in [1.165, 1.54) is 11.1 Å². The van der Waals surface area contributed by atoms with Gasteiger partial charge in [-0.05, 0) is 36.9 Å². The van der Waals surface area contributed by atoms with Gasteiger partial charge in [-0.3, -0.25) is 4.90 Å². The number of nitrogens with zero attached hydrogens (tertiary/aromatic N) is 1. The number of methoxy groups -OCH3 is 1. The number of ether oxygens (including phenoxy) is 1. The van der Waals surface area contributed by atoms with Crippen molar-refractivity contribution in [3.63, 3.8) is 0 Å². The van der Waals surface area contributed by atoms with Gasteiger partial charge in [0.05, 0.1) is 13.2 Å². The van der Waals surface area contributed by atoms with E-state index < -0.39 is 0 Å². The number of hydrogen-bond acceptors (Lipinski definition) is 3. The Labute approximate surface area is 116 Å². The van der Waals surface area contributed by atoms with E-state index in [9.17, 15) is 5.11 Å². The maximum Gasteiger partial charge on any atom is 0.123 e. The molecule has 3 heteroatoms. The third kappa shape index (κ3) is 3.71. The molecular formula is C16H25NO2. The molecule has 0 aliphatic carbocycles. The smallest absolute Gasteiger partial charge is 0.123 e. The van der Waals surface area contributed by atoms with E-state index in [1.807, 2.05) is 0 Å². The molecule has 2 rings (SSSR count). The molecule has 1 heterocycles. The predicted octanol–water partition coefficient (Wildman–Crippen LogP) is 2.78. The summed E-state index contributed by atoms with van der Waals surface area (Å²) < 4.78 is 5.46. The fourth-order valence-electron chi connectivity index (χ4n) is 2.70. The van der Waals surface area contributed by atoms with Gasteiger partial charge in [0.2, 0.25) is 0 Å². The van der Waals surface area contributed by atoms with E-state index in [2.05, 4.69) is 36.9 Å². The Morgan fingerprint density at radius 2 is 2.21 bits per heavy atom. The van der Waals surface area contributed by atoms with E-state index in [0.29, 0.717) is 5.92 Å². The molecule has 3 nitrogen and oxygen atoms in total. The molecule has 0 amide bonds. The van der Waals surface area contributed by atoms with Crippen LogP contribution in [0.2, 0.25) is 0 Å². The van der Waals surface area contributed by atoms with Crippen LogP contribution in [0.3, 0.4) is 0 Å². The number of likely N-dealkylation sites (tertiary alicyclic amines) is 1. The zero-order chi connectivity index (χ0) is 13.8. The van der Waals surface area contributed by atoms with Gasteiger partial charge in [-0.25, -0.2) is 0 Å². The number of benzene rings is 1. The van der Waals surface area contributed by atoms with Crippen molar-refractivity contribution in [2.75, 3.05) is 20.2 Å². The molecule has 0 aromatic heterocycles. The summed E-state index contributed by atoms with van der Waals surface area (Å²) in [5.74, 6) is 1.47. The lowest BCUT2D eigenvalue weighted by Gasteiger charge is -2.30. The Hall–Kier alpha value is -1.06. The highest BCUT2D eigenvalue weighted by molar-refractivity contribution is 5.38. The van der Waals surface area contributed by atoms with Gasteiger partial charge in [-0.2, -0.15) is 0 Å². The quantitative estimate of drug-likeness (QED) is 0.906. The van der Waals surface area contributed by atoms with Crippen molar-refractivity contribution in [3.05, 3.63) is 29.3 Å². The van der Waals surface area contributed by atoms with Crippen molar-refractivity contribution in [2.45, 2.75) is 45.3 Å². The van der Waals surface area contributed by atoms with Crippen LogP contribution < -0.4 is 4.74 Å². The Morgan fingerprint density at radius 1 is 1.42 bits per heavy atom. The number of hydrogen-bond donors (Lipinski definition) is 1. The van der Waals surface area contributed by atoms with E-state index in [4.69, 9.17) is 4.74 Å². The molecule has 1 saturated heterocycles. The maximum absolute atomic E-state index is 9.75. The van der Waals surface area contributed by atoms with E-state index >= 15 is 0 Å². The molecule has 1 aromatic carbocycles. The summed E-state index contributed by atoms with van der Waals surface area (Å²) in [6.45, 7) is 7.11. The molecule has 106 valence electrons. The van der Waals surface area contributed by atoms with Crippen LogP contribution in [0.15, 0.2) is 18.2 Å². The third-order valence-corrected chi connectivity index (χ3v) is 3.85. The summed E-state index contributed by atoms with van der Waals surface area (Å²) in [6, 6.07) is 6.44. The van der Waals surface area contributed by atoms with Gasteiger partial charge in [0.1, 0.15) is 5.75 Å². The van der Waals surface area contributed by atoms with Crippen molar-refractivity contribution in [1.29, 1.82) is 0 Å². The molecule has 1 unspecified atom stereocenters. The van der Waals surface area contributed by atoms with Crippen molar-refractivity contribution in [2.24, 2.45) is 0 Å². The monoisotopic (exact) mass is 263 g/mol. The van der Waals surface area contributed by atoms with E-state index in [1.54, 1.807) is 7.11 Å². The van der Waals surface area contributed by atoms with Crippen LogP contribution in [-0.4, -0.2) is 36.3 Å². The van der Waals surface area contributed by atoms with Crippen LogP contribution in [0, 0.1) is 0 Å². The maximum atomic E-state index is 9.75. The second-order valence-electron chi connectivity index (χ2n) is 5.76. The first-order chi connectivity index (χ1) is 9.10. The third-order valence-electron chi connectivity index (χ3n) is 3.85. The van der Waals surface area contributed by atoms with Crippen LogP contribution in [0.1, 0.15) is 43.7 Å². The highest BCUT2D eigenvalue weighted by Gasteiger charge is 2.19. The van der Waals surface area contributed by atoms with Gasteiger partial charge in [-0.1, -0.05) is 26.0 Å². The number of piperidine rings is 1. The molecule has 0 bridgehead atoms. The lowest BCUT2D eigenvalue weighted by molar-refractivity contribution is 0.0664. The zero-order valence-electron chi connectivity index (χ0n) is 12.2. The number of β-amino-alcohol motifs (C(OH)–C–C–N with tert-alkyl or cyclic N) is 1. The molecule has 19 heavy (non-hydrogen) atoms. The first kappa shape index (κ1) is 14.4. The van der Waals surface area contributed by atoms with Crippen molar-refractivity contribution >= 4 is 0 Å². The molecule has 0 spiro atoms. The highest BCUT2D eigenvalue weighted by atomic mass is 16.5. The fourth-order valence-corrected chi connectivity index (χ4v) is 2.70. The topological polar surface area (TPSA) is 32.7 Å². The summed E-state index contributed by atoms with van der Waals surface area (Å²) in [5.41, 5.74) is 2.57. The van der Waals surface area contributed by atoms with E-state index in [-0.39, 0.29) is 6.10 Å². The second-order valence-corrected chi connectivity index (χ2v) is 5.76. The Kier molecular flexibility index (Phi) is 4.83. The molecule has 1 aromatic rings. The SMILES string of the molecule is COc1ccc(C(C)C)cc1CN1CCCC(O)C1. The van der Waals surface area contributed by atoms with Gasteiger partial charge in [0, 0.05) is 18.7 Å². The largest absolute Gasteiger partial charge is 0.496 e. The van der Waals surface area contributed by atoms with Crippen LogP contribution >= 0.6 is 0 Å².